The van der Waals surface area contributed by atoms with E-state index in [1.165, 1.54) is 0 Å². The second-order valence-corrected chi connectivity index (χ2v) is 4.48. The summed E-state index contributed by atoms with van der Waals surface area (Å²) in [5, 5.41) is 0. The second-order valence-electron chi connectivity index (χ2n) is 4.16. The minimum Gasteiger partial charge on any atom is -0.369 e. The Balaban J connectivity index is 2.65. The third-order valence-corrected chi connectivity index (χ3v) is 3.67. The van der Waals surface area contributed by atoms with Crippen molar-refractivity contribution < 1.29 is 4.79 Å². The van der Waals surface area contributed by atoms with E-state index in [9.17, 15) is 4.79 Å². The number of thiol groups is 1. The first-order chi connectivity index (χ1) is 8.71. The summed E-state index contributed by atoms with van der Waals surface area (Å²) in [7, 11) is 0. The van der Waals surface area contributed by atoms with E-state index in [2.05, 4.69) is 12.6 Å². The normalized spacial score (nSPS) is 11.2. The number of hydrogen-bond acceptors (Lipinski definition) is 2. The van der Waals surface area contributed by atoms with Crippen LogP contribution in [0.2, 0.25) is 0 Å². The third kappa shape index (κ3) is 2.02. The molecule has 2 aromatic rings. The first-order valence-electron chi connectivity index (χ1n) is 5.73. The molecule has 92 valence electrons. The van der Waals surface area contributed by atoms with Crippen LogP contribution in [0.5, 0.6) is 0 Å². The molecular formula is C15H15NOS. The van der Waals surface area contributed by atoms with E-state index in [0.29, 0.717) is 5.75 Å². The van der Waals surface area contributed by atoms with Crippen LogP contribution in [-0.2, 0) is 10.2 Å². The highest BCUT2D eigenvalue weighted by Gasteiger charge is 2.38. The molecule has 2 N–H and O–H groups in total. The lowest BCUT2D eigenvalue weighted by molar-refractivity contribution is -0.121. The van der Waals surface area contributed by atoms with Gasteiger partial charge in [0.1, 0.15) is 5.41 Å². The molecule has 0 bridgehead atoms. The maximum atomic E-state index is 12.0. The van der Waals surface area contributed by atoms with E-state index in [1.54, 1.807) is 0 Å². The van der Waals surface area contributed by atoms with Gasteiger partial charge in [-0.25, -0.2) is 0 Å². The average Bonchev–Trinajstić information content (AvgIpc) is 2.42. The Morgan fingerprint density at radius 1 is 0.944 bits per heavy atom. The molecule has 0 aliphatic rings. The van der Waals surface area contributed by atoms with Crippen molar-refractivity contribution in [3.05, 3.63) is 71.8 Å². The van der Waals surface area contributed by atoms with Crippen molar-refractivity contribution in [3.8, 4) is 0 Å². The van der Waals surface area contributed by atoms with Crippen LogP contribution in [0.25, 0.3) is 0 Å². The Kier molecular flexibility index (Phi) is 3.72. The van der Waals surface area contributed by atoms with Crippen LogP contribution in [0, 0.1) is 0 Å². The summed E-state index contributed by atoms with van der Waals surface area (Å²) in [4.78, 5) is 12.0. The van der Waals surface area contributed by atoms with Gasteiger partial charge in [0.25, 0.3) is 0 Å². The lowest BCUT2D eigenvalue weighted by atomic mass is 9.75. The van der Waals surface area contributed by atoms with Crippen molar-refractivity contribution in [2.24, 2.45) is 5.73 Å². The number of carbonyl (C=O) groups excluding carboxylic acids is 1. The van der Waals surface area contributed by atoms with Crippen LogP contribution in [0.1, 0.15) is 11.1 Å². The molecule has 0 spiro atoms. The van der Waals surface area contributed by atoms with Gasteiger partial charge in [-0.1, -0.05) is 60.7 Å². The number of amides is 1. The molecule has 0 aromatic heterocycles. The Morgan fingerprint density at radius 3 is 1.61 bits per heavy atom. The molecule has 0 unspecified atom stereocenters. The van der Waals surface area contributed by atoms with Gasteiger partial charge in [0.05, 0.1) is 0 Å². The molecule has 0 saturated carbocycles. The van der Waals surface area contributed by atoms with E-state index in [1.807, 2.05) is 60.7 Å². The maximum absolute atomic E-state index is 12.0. The van der Waals surface area contributed by atoms with Gasteiger partial charge in [0.15, 0.2) is 0 Å². The molecule has 0 atom stereocenters. The summed E-state index contributed by atoms with van der Waals surface area (Å²) < 4.78 is 0. The summed E-state index contributed by atoms with van der Waals surface area (Å²) in [5.41, 5.74) is 6.54. The van der Waals surface area contributed by atoms with Crippen molar-refractivity contribution in [2.45, 2.75) is 5.41 Å². The molecule has 3 heteroatoms. The highest BCUT2D eigenvalue weighted by molar-refractivity contribution is 7.80. The standard InChI is InChI=1S/C15H15NOS/c16-14(17)15(11-18,12-7-3-1-4-8-12)13-9-5-2-6-10-13/h1-10,18H,11H2,(H2,16,17). The van der Waals surface area contributed by atoms with Gasteiger partial charge < -0.3 is 5.73 Å². The molecule has 0 radical (unpaired) electrons. The van der Waals surface area contributed by atoms with Gasteiger partial charge in [-0.05, 0) is 11.1 Å². The van der Waals surface area contributed by atoms with Crippen LogP contribution in [-0.4, -0.2) is 11.7 Å². The number of carbonyl (C=O) groups is 1. The van der Waals surface area contributed by atoms with Crippen LogP contribution in [0.3, 0.4) is 0 Å². The quantitative estimate of drug-likeness (QED) is 0.811. The molecule has 2 aromatic carbocycles. The third-order valence-electron chi connectivity index (χ3n) is 3.19. The average molecular weight is 257 g/mol. The van der Waals surface area contributed by atoms with Gasteiger partial charge in [-0.3, -0.25) is 4.79 Å². The maximum Gasteiger partial charge on any atom is 0.233 e. The number of nitrogens with two attached hydrogens (primary N) is 1. The molecule has 0 fully saturated rings. The van der Waals surface area contributed by atoms with Crippen molar-refractivity contribution in [2.75, 3.05) is 5.75 Å². The topological polar surface area (TPSA) is 43.1 Å². The SMILES string of the molecule is NC(=O)C(CS)(c1ccccc1)c1ccccc1. The fourth-order valence-electron chi connectivity index (χ4n) is 2.16. The van der Waals surface area contributed by atoms with Crippen molar-refractivity contribution >= 4 is 18.5 Å². The van der Waals surface area contributed by atoms with Gasteiger partial charge in [-0.2, -0.15) is 12.6 Å². The summed E-state index contributed by atoms with van der Waals surface area (Å²) in [5.74, 6) is -0.0361. The van der Waals surface area contributed by atoms with Gasteiger partial charge in [0, 0.05) is 5.75 Å². The lowest BCUT2D eigenvalue weighted by Crippen LogP contribution is -2.44. The zero-order valence-corrected chi connectivity index (χ0v) is 10.8. The largest absolute Gasteiger partial charge is 0.369 e. The molecule has 18 heavy (non-hydrogen) atoms. The van der Waals surface area contributed by atoms with E-state index >= 15 is 0 Å². The van der Waals surface area contributed by atoms with E-state index in [4.69, 9.17) is 5.73 Å². The monoisotopic (exact) mass is 257 g/mol. The molecule has 0 aliphatic carbocycles. The molecule has 0 aliphatic heterocycles. The Morgan fingerprint density at radius 2 is 1.33 bits per heavy atom. The van der Waals surface area contributed by atoms with Gasteiger partial charge >= 0.3 is 0 Å². The van der Waals surface area contributed by atoms with Crippen LogP contribution >= 0.6 is 12.6 Å². The number of primary amides is 1. The van der Waals surface area contributed by atoms with Gasteiger partial charge in [-0.15, -0.1) is 0 Å². The Hall–Kier alpha value is -1.74. The molecular weight excluding hydrogens is 242 g/mol. The predicted octanol–water partition coefficient (Wildman–Crippen LogP) is 2.39. The Labute approximate surface area is 112 Å². The van der Waals surface area contributed by atoms with Crippen molar-refractivity contribution in [1.29, 1.82) is 0 Å². The van der Waals surface area contributed by atoms with Crippen LogP contribution < -0.4 is 5.73 Å². The number of rotatable bonds is 4. The van der Waals surface area contributed by atoms with Gasteiger partial charge in [0.2, 0.25) is 5.91 Å². The first kappa shape index (κ1) is 12.7. The summed E-state index contributed by atoms with van der Waals surface area (Å²) in [6.45, 7) is 0. The van der Waals surface area contributed by atoms with E-state index in [0.717, 1.165) is 11.1 Å². The fraction of sp³-hybridized carbons (Fsp3) is 0.133. The first-order valence-corrected chi connectivity index (χ1v) is 6.37. The summed E-state index contributed by atoms with van der Waals surface area (Å²) >= 11 is 4.36. The molecule has 2 rings (SSSR count). The minimum atomic E-state index is -0.869. The highest BCUT2D eigenvalue weighted by atomic mass is 32.1. The predicted molar refractivity (Wildman–Crippen MR) is 76.7 cm³/mol. The highest BCUT2D eigenvalue weighted by Crippen LogP contribution is 2.33. The number of hydrogen-bond donors (Lipinski definition) is 2. The summed E-state index contributed by atoms with van der Waals surface area (Å²) in [6.07, 6.45) is 0. The molecule has 2 nitrogen and oxygen atoms in total. The fourth-order valence-corrected chi connectivity index (χ4v) is 2.68. The van der Waals surface area contributed by atoms with Crippen LogP contribution in [0.15, 0.2) is 60.7 Å². The van der Waals surface area contributed by atoms with Crippen molar-refractivity contribution in [3.63, 3.8) is 0 Å². The smallest absolute Gasteiger partial charge is 0.233 e. The zero-order valence-electron chi connectivity index (χ0n) is 9.91. The second kappa shape index (κ2) is 5.27. The summed E-state index contributed by atoms with van der Waals surface area (Å²) in [6, 6.07) is 19.1. The van der Waals surface area contributed by atoms with Crippen molar-refractivity contribution in [1.82, 2.24) is 0 Å². The van der Waals surface area contributed by atoms with E-state index < -0.39 is 5.41 Å². The molecule has 1 amide bonds. The molecule has 0 heterocycles. The lowest BCUT2D eigenvalue weighted by Gasteiger charge is -2.30. The Bertz CT molecular complexity index is 485. The zero-order chi connectivity index (χ0) is 13.0. The van der Waals surface area contributed by atoms with Crippen LogP contribution in [0.4, 0.5) is 0 Å². The van der Waals surface area contributed by atoms with E-state index in [-0.39, 0.29) is 5.91 Å². The number of benzene rings is 2. The minimum absolute atomic E-state index is 0.344. The molecule has 0 saturated heterocycles.